The summed E-state index contributed by atoms with van der Waals surface area (Å²) in [6.07, 6.45) is 4.06. The second kappa shape index (κ2) is 5.82. The van der Waals surface area contributed by atoms with Crippen LogP contribution in [-0.2, 0) is 12.8 Å². The quantitative estimate of drug-likeness (QED) is 0.893. The van der Waals surface area contributed by atoms with Crippen molar-refractivity contribution >= 4 is 5.95 Å². The zero-order valence-corrected chi connectivity index (χ0v) is 12.5. The second-order valence-electron chi connectivity index (χ2n) is 5.51. The highest BCUT2D eigenvalue weighted by Crippen LogP contribution is 2.23. The van der Waals surface area contributed by atoms with Gasteiger partial charge in [0.2, 0.25) is 5.95 Å². The lowest BCUT2D eigenvalue weighted by atomic mass is 9.90. The molecule has 1 aliphatic rings. The molecule has 5 heteroatoms. The minimum absolute atomic E-state index is 0.251. The van der Waals surface area contributed by atoms with Crippen LogP contribution in [0, 0.1) is 0 Å². The standard InChI is InChI=1S/C14H25N5/c1-5-11-12(6-2)17-18-13(16-11)19-9-7-14(3,15-4)8-10-19/h15H,5-10H2,1-4H3. The monoisotopic (exact) mass is 263 g/mol. The lowest BCUT2D eigenvalue weighted by Crippen LogP contribution is -2.50. The number of hydrogen-bond donors (Lipinski definition) is 1. The third-order valence-corrected chi connectivity index (χ3v) is 4.25. The second-order valence-corrected chi connectivity index (χ2v) is 5.51. The molecule has 1 fully saturated rings. The fourth-order valence-electron chi connectivity index (χ4n) is 2.51. The van der Waals surface area contributed by atoms with Crippen molar-refractivity contribution in [3.05, 3.63) is 11.4 Å². The Balaban J connectivity index is 2.11. The predicted molar refractivity (Wildman–Crippen MR) is 77.5 cm³/mol. The Morgan fingerprint density at radius 2 is 1.74 bits per heavy atom. The smallest absolute Gasteiger partial charge is 0.245 e. The summed E-state index contributed by atoms with van der Waals surface area (Å²) in [6.45, 7) is 8.49. The van der Waals surface area contributed by atoms with Crippen LogP contribution in [0.15, 0.2) is 0 Å². The number of rotatable bonds is 4. The average Bonchev–Trinajstić information content (AvgIpc) is 2.47. The number of aromatic nitrogens is 3. The van der Waals surface area contributed by atoms with Crippen LogP contribution in [0.25, 0.3) is 0 Å². The lowest BCUT2D eigenvalue weighted by molar-refractivity contribution is 0.303. The van der Waals surface area contributed by atoms with Gasteiger partial charge < -0.3 is 10.2 Å². The summed E-state index contributed by atoms with van der Waals surface area (Å²) in [7, 11) is 2.04. The van der Waals surface area contributed by atoms with Gasteiger partial charge in [0.25, 0.3) is 0 Å². The molecule has 0 amide bonds. The van der Waals surface area contributed by atoms with Crippen LogP contribution in [0.2, 0.25) is 0 Å². The molecule has 1 aromatic heterocycles. The summed E-state index contributed by atoms with van der Waals surface area (Å²) < 4.78 is 0. The molecule has 1 N–H and O–H groups in total. The minimum Gasteiger partial charge on any atom is -0.339 e. The zero-order valence-electron chi connectivity index (χ0n) is 12.5. The molecule has 0 bridgehead atoms. The Morgan fingerprint density at radius 3 is 2.26 bits per heavy atom. The maximum Gasteiger partial charge on any atom is 0.245 e. The number of nitrogens with zero attached hydrogens (tertiary/aromatic N) is 4. The van der Waals surface area contributed by atoms with Gasteiger partial charge in [0.15, 0.2) is 0 Å². The third-order valence-electron chi connectivity index (χ3n) is 4.25. The van der Waals surface area contributed by atoms with E-state index < -0.39 is 0 Å². The van der Waals surface area contributed by atoms with Gasteiger partial charge in [-0.05, 0) is 39.7 Å². The van der Waals surface area contributed by atoms with Crippen molar-refractivity contribution in [3.63, 3.8) is 0 Å². The molecular formula is C14H25N5. The Bertz CT molecular complexity index is 424. The first-order valence-electron chi connectivity index (χ1n) is 7.28. The van der Waals surface area contributed by atoms with E-state index in [0.717, 1.165) is 56.1 Å². The van der Waals surface area contributed by atoms with Crippen LogP contribution < -0.4 is 10.2 Å². The van der Waals surface area contributed by atoms with Crippen molar-refractivity contribution in [1.82, 2.24) is 20.5 Å². The molecule has 0 aromatic carbocycles. The van der Waals surface area contributed by atoms with Crippen molar-refractivity contribution in [2.24, 2.45) is 0 Å². The molecule has 106 valence electrons. The Morgan fingerprint density at radius 1 is 1.11 bits per heavy atom. The van der Waals surface area contributed by atoms with Crippen LogP contribution in [-0.4, -0.2) is 40.9 Å². The maximum atomic E-state index is 4.69. The minimum atomic E-state index is 0.251. The van der Waals surface area contributed by atoms with Crippen molar-refractivity contribution in [2.45, 2.75) is 52.0 Å². The van der Waals surface area contributed by atoms with Crippen molar-refractivity contribution in [2.75, 3.05) is 25.0 Å². The number of anilines is 1. The lowest BCUT2D eigenvalue weighted by Gasteiger charge is -2.39. The van der Waals surface area contributed by atoms with Gasteiger partial charge in [-0.25, -0.2) is 4.98 Å². The summed E-state index contributed by atoms with van der Waals surface area (Å²) in [6, 6.07) is 0. The summed E-state index contributed by atoms with van der Waals surface area (Å²) >= 11 is 0. The SMILES string of the molecule is CCc1nnc(N2CCC(C)(NC)CC2)nc1CC. The first kappa shape index (κ1) is 14.2. The van der Waals surface area contributed by atoms with Crippen molar-refractivity contribution < 1.29 is 0 Å². The molecule has 1 aliphatic heterocycles. The van der Waals surface area contributed by atoms with Gasteiger partial charge in [0, 0.05) is 18.6 Å². The van der Waals surface area contributed by atoms with Gasteiger partial charge in [-0.15, -0.1) is 5.10 Å². The molecule has 19 heavy (non-hydrogen) atoms. The van der Waals surface area contributed by atoms with E-state index in [-0.39, 0.29) is 5.54 Å². The Kier molecular flexibility index (Phi) is 4.34. The summed E-state index contributed by atoms with van der Waals surface area (Å²) in [4.78, 5) is 6.95. The van der Waals surface area contributed by atoms with Crippen LogP contribution in [0.3, 0.4) is 0 Å². The summed E-state index contributed by atoms with van der Waals surface area (Å²) in [5.74, 6) is 0.798. The van der Waals surface area contributed by atoms with E-state index in [1.54, 1.807) is 0 Å². The number of aryl methyl sites for hydroxylation is 2. The van der Waals surface area contributed by atoms with E-state index in [1.165, 1.54) is 0 Å². The molecule has 0 atom stereocenters. The molecule has 0 spiro atoms. The highest BCUT2D eigenvalue weighted by molar-refractivity contribution is 5.31. The van der Waals surface area contributed by atoms with Gasteiger partial charge in [0.05, 0.1) is 11.4 Å². The van der Waals surface area contributed by atoms with E-state index in [9.17, 15) is 0 Å². The largest absolute Gasteiger partial charge is 0.339 e. The van der Waals surface area contributed by atoms with Crippen LogP contribution in [0.1, 0.15) is 45.0 Å². The highest BCUT2D eigenvalue weighted by Gasteiger charge is 2.29. The average molecular weight is 263 g/mol. The Hall–Kier alpha value is -1.23. The number of hydrogen-bond acceptors (Lipinski definition) is 5. The Labute approximate surface area is 115 Å². The van der Waals surface area contributed by atoms with Crippen LogP contribution in [0.4, 0.5) is 5.95 Å². The van der Waals surface area contributed by atoms with Gasteiger partial charge in [0.1, 0.15) is 0 Å². The topological polar surface area (TPSA) is 53.9 Å². The first-order valence-corrected chi connectivity index (χ1v) is 7.28. The van der Waals surface area contributed by atoms with E-state index in [2.05, 4.69) is 41.2 Å². The van der Waals surface area contributed by atoms with Crippen LogP contribution >= 0.6 is 0 Å². The van der Waals surface area contributed by atoms with Crippen LogP contribution in [0.5, 0.6) is 0 Å². The molecule has 2 rings (SSSR count). The van der Waals surface area contributed by atoms with E-state index in [0.29, 0.717) is 0 Å². The van der Waals surface area contributed by atoms with Gasteiger partial charge in [-0.2, -0.15) is 5.10 Å². The molecule has 2 heterocycles. The molecule has 5 nitrogen and oxygen atoms in total. The fourth-order valence-corrected chi connectivity index (χ4v) is 2.51. The molecule has 0 unspecified atom stereocenters. The normalized spacial score (nSPS) is 18.6. The predicted octanol–water partition coefficient (Wildman–Crippen LogP) is 1.57. The molecular weight excluding hydrogens is 238 g/mol. The molecule has 0 aliphatic carbocycles. The molecule has 1 aromatic rings. The maximum absolute atomic E-state index is 4.69. The molecule has 1 saturated heterocycles. The number of piperidine rings is 1. The first-order chi connectivity index (χ1) is 9.11. The number of nitrogens with one attached hydrogen (secondary N) is 1. The fraction of sp³-hybridized carbons (Fsp3) is 0.786. The van der Waals surface area contributed by atoms with E-state index in [1.807, 2.05) is 7.05 Å². The summed E-state index contributed by atoms with van der Waals surface area (Å²) in [5.41, 5.74) is 2.37. The van der Waals surface area contributed by atoms with Crippen molar-refractivity contribution in [1.29, 1.82) is 0 Å². The van der Waals surface area contributed by atoms with E-state index >= 15 is 0 Å². The molecule has 0 saturated carbocycles. The van der Waals surface area contributed by atoms with E-state index in [4.69, 9.17) is 4.98 Å². The van der Waals surface area contributed by atoms with Gasteiger partial charge in [-0.3, -0.25) is 0 Å². The molecule has 0 radical (unpaired) electrons. The zero-order chi connectivity index (χ0) is 13.9. The van der Waals surface area contributed by atoms with Crippen molar-refractivity contribution in [3.8, 4) is 0 Å². The van der Waals surface area contributed by atoms with Gasteiger partial charge in [-0.1, -0.05) is 13.8 Å². The summed E-state index contributed by atoms with van der Waals surface area (Å²) in [5, 5.41) is 12.0. The third kappa shape index (κ3) is 3.03. The van der Waals surface area contributed by atoms with Gasteiger partial charge >= 0.3 is 0 Å². The highest BCUT2D eigenvalue weighted by atomic mass is 15.3.